The van der Waals surface area contributed by atoms with Gasteiger partial charge < -0.3 is 0 Å². The third-order valence-corrected chi connectivity index (χ3v) is 5.82. The smallest absolute Gasteiger partial charge is 0.258 e. The molecular weight excluding hydrogens is 356 g/mol. The van der Waals surface area contributed by atoms with Crippen molar-refractivity contribution in [3.05, 3.63) is 67.6 Å². The number of hydrogen-bond acceptors (Lipinski definition) is 4. The summed E-state index contributed by atoms with van der Waals surface area (Å²) in [4.78, 5) is 18.8. The van der Waals surface area contributed by atoms with Crippen LogP contribution in [0.4, 0.5) is 8.78 Å². The molecule has 0 radical (unpaired) electrons. The molecular formula is C19H15F2N3OS. The quantitative estimate of drug-likeness (QED) is 0.702. The summed E-state index contributed by atoms with van der Waals surface area (Å²) in [5, 5.41) is 9.08. The van der Waals surface area contributed by atoms with E-state index in [1.807, 2.05) is 6.92 Å². The largest absolute Gasteiger partial charge is 0.269 e. The van der Waals surface area contributed by atoms with Crippen LogP contribution < -0.4 is 5.56 Å². The SMILES string of the molecule is Cc1cc(F)c(F)cc1Cc1cc(=O)n2c(C3CC3C#N)c(C)sc2n1. The Labute approximate surface area is 152 Å². The first-order valence-electron chi connectivity index (χ1n) is 8.25. The van der Waals surface area contributed by atoms with Gasteiger partial charge in [0.2, 0.25) is 0 Å². The molecule has 2 heterocycles. The van der Waals surface area contributed by atoms with Crippen LogP contribution in [-0.4, -0.2) is 9.38 Å². The number of nitriles is 1. The molecule has 0 N–H and O–H groups in total. The molecule has 0 amide bonds. The number of benzene rings is 1. The second-order valence-electron chi connectivity index (χ2n) is 6.69. The van der Waals surface area contributed by atoms with Crippen molar-refractivity contribution in [2.75, 3.05) is 0 Å². The second-order valence-corrected chi connectivity index (χ2v) is 7.88. The van der Waals surface area contributed by atoms with E-state index >= 15 is 0 Å². The van der Waals surface area contributed by atoms with Crippen LogP contribution in [0.15, 0.2) is 23.0 Å². The lowest BCUT2D eigenvalue weighted by Gasteiger charge is -2.07. The summed E-state index contributed by atoms with van der Waals surface area (Å²) in [5.41, 5.74) is 2.41. The standard InChI is InChI=1S/C19H15F2N3OS/c1-9-3-15(20)16(21)6-11(9)4-13-7-17(25)24-18(14-5-12(14)8-22)10(2)26-19(24)23-13/h3,6-7,12,14H,4-5H2,1-2H3. The number of aryl methyl sites for hydroxylation is 2. The molecule has 2 atom stereocenters. The summed E-state index contributed by atoms with van der Waals surface area (Å²) in [6.07, 6.45) is 1.02. The van der Waals surface area contributed by atoms with E-state index in [4.69, 9.17) is 5.26 Å². The molecule has 0 aliphatic heterocycles. The number of hydrogen-bond donors (Lipinski definition) is 0. The molecule has 1 aromatic carbocycles. The molecule has 1 fully saturated rings. The van der Waals surface area contributed by atoms with E-state index in [9.17, 15) is 13.6 Å². The fourth-order valence-corrected chi connectivity index (χ4v) is 4.44. The summed E-state index contributed by atoms with van der Waals surface area (Å²) in [7, 11) is 0. The number of aromatic nitrogens is 2. The first-order chi connectivity index (χ1) is 12.4. The van der Waals surface area contributed by atoms with Gasteiger partial charge in [0, 0.05) is 29.0 Å². The summed E-state index contributed by atoms with van der Waals surface area (Å²) in [5.74, 6) is -1.74. The van der Waals surface area contributed by atoms with Gasteiger partial charge in [-0.25, -0.2) is 13.8 Å². The summed E-state index contributed by atoms with van der Waals surface area (Å²) in [6, 6.07) is 5.99. The maximum Gasteiger partial charge on any atom is 0.258 e. The Morgan fingerprint density at radius 1 is 1.31 bits per heavy atom. The Hall–Kier alpha value is -2.59. The van der Waals surface area contributed by atoms with Gasteiger partial charge in [0.25, 0.3) is 5.56 Å². The number of rotatable bonds is 3. The van der Waals surface area contributed by atoms with E-state index in [1.54, 1.807) is 11.3 Å². The third-order valence-electron chi connectivity index (χ3n) is 4.84. The zero-order valence-electron chi connectivity index (χ0n) is 14.2. The predicted octanol–water partition coefficient (Wildman–Crippen LogP) is 3.87. The van der Waals surface area contributed by atoms with Crippen LogP contribution in [0.5, 0.6) is 0 Å². The lowest BCUT2D eigenvalue weighted by molar-refractivity contribution is 0.506. The number of nitrogens with zero attached hydrogens (tertiary/aromatic N) is 3. The van der Waals surface area contributed by atoms with Gasteiger partial charge in [-0.15, -0.1) is 11.3 Å². The first kappa shape index (κ1) is 16.9. The molecule has 1 saturated carbocycles. The predicted molar refractivity (Wildman–Crippen MR) is 94.4 cm³/mol. The molecule has 0 saturated heterocycles. The van der Waals surface area contributed by atoms with E-state index in [0.29, 0.717) is 21.8 Å². The monoisotopic (exact) mass is 371 g/mol. The van der Waals surface area contributed by atoms with Gasteiger partial charge in [-0.05, 0) is 43.5 Å². The van der Waals surface area contributed by atoms with Gasteiger partial charge >= 0.3 is 0 Å². The first-order valence-corrected chi connectivity index (χ1v) is 9.06. The molecule has 1 aliphatic rings. The Kier molecular flexibility index (Phi) is 3.88. The Balaban J connectivity index is 1.76. The van der Waals surface area contributed by atoms with Gasteiger partial charge in [-0.3, -0.25) is 9.20 Å². The van der Waals surface area contributed by atoms with Crippen molar-refractivity contribution in [2.24, 2.45) is 5.92 Å². The number of thiazole rings is 1. The van der Waals surface area contributed by atoms with Crippen LogP contribution >= 0.6 is 11.3 Å². The molecule has 2 aromatic heterocycles. The highest BCUT2D eigenvalue weighted by atomic mass is 32.1. The lowest BCUT2D eigenvalue weighted by Crippen LogP contribution is -2.17. The molecule has 3 aromatic rings. The Morgan fingerprint density at radius 3 is 2.73 bits per heavy atom. The molecule has 4 rings (SSSR count). The molecule has 1 aliphatic carbocycles. The zero-order chi connectivity index (χ0) is 18.6. The average Bonchev–Trinajstić information content (AvgIpc) is 3.27. The van der Waals surface area contributed by atoms with E-state index in [2.05, 4.69) is 11.1 Å². The maximum absolute atomic E-state index is 13.5. The minimum atomic E-state index is -0.908. The fraction of sp³-hybridized carbons (Fsp3) is 0.316. The molecule has 26 heavy (non-hydrogen) atoms. The van der Waals surface area contributed by atoms with E-state index < -0.39 is 11.6 Å². The van der Waals surface area contributed by atoms with Crippen molar-refractivity contribution in [3.8, 4) is 6.07 Å². The highest BCUT2D eigenvalue weighted by Gasteiger charge is 2.42. The van der Waals surface area contributed by atoms with Gasteiger partial charge in [0.1, 0.15) is 0 Å². The summed E-state index contributed by atoms with van der Waals surface area (Å²) >= 11 is 1.42. The number of fused-ring (bicyclic) bond motifs is 1. The highest BCUT2D eigenvalue weighted by molar-refractivity contribution is 7.17. The minimum absolute atomic E-state index is 0.0390. The van der Waals surface area contributed by atoms with Gasteiger partial charge in [-0.1, -0.05) is 0 Å². The molecule has 7 heteroatoms. The Morgan fingerprint density at radius 2 is 2.04 bits per heavy atom. The van der Waals surface area contributed by atoms with Crippen molar-refractivity contribution in [1.82, 2.24) is 9.38 Å². The number of halogens is 2. The molecule has 0 bridgehead atoms. The Bertz CT molecular complexity index is 1140. The van der Waals surface area contributed by atoms with E-state index in [-0.39, 0.29) is 23.8 Å². The van der Waals surface area contributed by atoms with Gasteiger partial charge in [0.15, 0.2) is 16.6 Å². The fourth-order valence-electron chi connectivity index (χ4n) is 3.37. The molecule has 2 unspecified atom stereocenters. The molecule has 132 valence electrons. The summed E-state index contributed by atoms with van der Waals surface area (Å²) in [6.45, 7) is 3.63. The van der Waals surface area contributed by atoms with Crippen LogP contribution in [0.1, 0.15) is 39.7 Å². The van der Waals surface area contributed by atoms with Crippen LogP contribution in [0, 0.1) is 42.7 Å². The van der Waals surface area contributed by atoms with E-state index in [1.165, 1.54) is 17.4 Å². The normalized spacial score (nSPS) is 18.9. The lowest BCUT2D eigenvalue weighted by atomic mass is 10.0. The zero-order valence-corrected chi connectivity index (χ0v) is 15.0. The van der Waals surface area contributed by atoms with Crippen LogP contribution in [0.2, 0.25) is 0 Å². The van der Waals surface area contributed by atoms with E-state index in [0.717, 1.165) is 29.1 Å². The molecule has 4 nitrogen and oxygen atoms in total. The van der Waals surface area contributed by atoms with Crippen LogP contribution in [0.3, 0.4) is 0 Å². The van der Waals surface area contributed by atoms with Crippen LogP contribution in [0.25, 0.3) is 4.96 Å². The van der Waals surface area contributed by atoms with Gasteiger partial charge in [-0.2, -0.15) is 5.26 Å². The maximum atomic E-state index is 13.5. The van der Waals surface area contributed by atoms with Gasteiger partial charge in [0.05, 0.1) is 17.7 Å². The second kappa shape index (κ2) is 5.99. The summed E-state index contributed by atoms with van der Waals surface area (Å²) < 4.78 is 28.4. The third kappa shape index (κ3) is 2.71. The highest BCUT2D eigenvalue weighted by Crippen LogP contribution is 2.48. The molecule has 0 spiro atoms. The van der Waals surface area contributed by atoms with Crippen molar-refractivity contribution in [2.45, 2.75) is 32.6 Å². The average molecular weight is 371 g/mol. The van der Waals surface area contributed by atoms with Crippen molar-refractivity contribution in [1.29, 1.82) is 5.26 Å². The van der Waals surface area contributed by atoms with Crippen molar-refractivity contribution in [3.63, 3.8) is 0 Å². The topological polar surface area (TPSA) is 58.2 Å². The minimum Gasteiger partial charge on any atom is -0.269 e. The van der Waals surface area contributed by atoms with Crippen LogP contribution in [-0.2, 0) is 6.42 Å². The van der Waals surface area contributed by atoms with Crippen molar-refractivity contribution >= 4 is 16.3 Å². The van der Waals surface area contributed by atoms with Crippen molar-refractivity contribution < 1.29 is 8.78 Å².